The Hall–Kier alpha value is -1.52. The average Bonchev–Trinajstić information content (AvgIpc) is 3.11. The molecule has 5 heteroatoms. The Kier molecular flexibility index (Phi) is 4.46. The predicted molar refractivity (Wildman–Crippen MR) is 82.4 cm³/mol. The van der Waals surface area contributed by atoms with Crippen LogP contribution in [0.4, 0.5) is 4.79 Å². The number of ether oxygens (including phenoxy) is 1. The highest BCUT2D eigenvalue weighted by atomic mass is 35.5. The SMILES string of the molecule is O=C(NC1CC=CC1)N[C@H]1CCO[C@@H]1c1ccc(Cl)cc1. The molecule has 1 fully saturated rings. The van der Waals surface area contributed by atoms with Crippen molar-refractivity contribution in [1.29, 1.82) is 0 Å². The van der Waals surface area contributed by atoms with Crippen LogP contribution in [0, 0.1) is 0 Å². The first-order valence-electron chi connectivity index (χ1n) is 7.31. The molecule has 1 heterocycles. The number of carbonyl (C=O) groups excluding carboxylic acids is 1. The molecule has 1 saturated heterocycles. The molecule has 21 heavy (non-hydrogen) atoms. The molecule has 3 rings (SSSR count). The van der Waals surface area contributed by atoms with Crippen LogP contribution in [0.5, 0.6) is 0 Å². The summed E-state index contributed by atoms with van der Waals surface area (Å²) in [5.41, 5.74) is 1.05. The number of hydrogen-bond donors (Lipinski definition) is 2. The Morgan fingerprint density at radius 1 is 1.14 bits per heavy atom. The highest BCUT2D eigenvalue weighted by Crippen LogP contribution is 2.29. The quantitative estimate of drug-likeness (QED) is 0.843. The van der Waals surface area contributed by atoms with Crippen molar-refractivity contribution in [1.82, 2.24) is 10.6 Å². The molecule has 2 aliphatic rings. The van der Waals surface area contributed by atoms with Crippen LogP contribution in [0.1, 0.15) is 30.9 Å². The van der Waals surface area contributed by atoms with Crippen molar-refractivity contribution in [2.24, 2.45) is 0 Å². The van der Waals surface area contributed by atoms with Gasteiger partial charge in [-0.15, -0.1) is 0 Å². The molecule has 1 aromatic carbocycles. The second-order valence-electron chi connectivity index (χ2n) is 5.50. The van der Waals surface area contributed by atoms with Crippen LogP contribution in [-0.4, -0.2) is 24.7 Å². The lowest BCUT2D eigenvalue weighted by molar-refractivity contribution is 0.0998. The fourth-order valence-electron chi connectivity index (χ4n) is 2.85. The highest BCUT2D eigenvalue weighted by Gasteiger charge is 2.31. The summed E-state index contributed by atoms with van der Waals surface area (Å²) in [7, 11) is 0. The van der Waals surface area contributed by atoms with Gasteiger partial charge in [-0.1, -0.05) is 35.9 Å². The van der Waals surface area contributed by atoms with Crippen molar-refractivity contribution in [3.63, 3.8) is 0 Å². The minimum Gasteiger partial charge on any atom is -0.371 e. The van der Waals surface area contributed by atoms with Gasteiger partial charge in [0.05, 0.1) is 6.04 Å². The standard InChI is InChI=1S/C16H19ClN2O2/c17-12-7-5-11(6-8-12)15-14(9-10-21-15)19-16(20)18-13-3-1-2-4-13/h1-2,5-8,13-15H,3-4,9-10H2,(H2,18,19,20)/t14-,15+/m0/s1. The number of benzene rings is 1. The molecule has 1 aliphatic carbocycles. The molecule has 112 valence electrons. The molecule has 1 aliphatic heterocycles. The monoisotopic (exact) mass is 306 g/mol. The van der Waals surface area contributed by atoms with Gasteiger partial charge in [-0.3, -0.25) is 0 Å². The zero-order chi connectivity index (χ0) is 14.7. The van der Waals surface area contributed by atoms with Crippen molar-refractivity contribution in [3.8, 4) is 0 Å². The van der Waals surface area contributed by atoms with Crippen LogP contribution < -0.4 is 10.6 Å². The number of rotatable bonds is 3. The molecule has 2 atom stereocenters. The number of amides is 2. The number of nitrogens with one attached hydrogen (secondary N) is 2. The van der Waals surface area contributed by atoms with Crippen molar-refractivity contribution in [3.05, 3.63) is 47.0 Å². The molecule has 2 amide bonds. The Morgan fingerprint density at radius 3 is 2.57 bits per heavy atom. The number of halogens is 1. The molecular weight excluding hydrogens is 288 g/mol. The molecule has 0 unspecified atom stereocenters. The summed E-state index contributed by atoms with van der Waals surface area (Å²) in [5, 5.41) is 6.73. The number of carbonyl (C=O) groups is 1. The van der Waals surface area contributed by atoms with Crippen LogP contribution in [0.15, 0.2) is 36.4 Å². The van der Waals surface area contributed by atoms with Gasteiger partial charge in [0.15, 0.2) is 0 Å². The van der Waals surface area contributed by atoms with Gasteiger partial charge < -0.3 is 15.4 Å². The summed E-state index contributed by atoms with van der Waals surface area (Å²) >= 11 is 5.91. The highest BCUT2D eigenvalue weighted by molar-refractivity contribution is 6.30. The predicted octanol–water partition coefficient (Wildman–Crippen LogP) is 3.19. The molecule has 0 radical (unpaired) electrons. The molecule has 0 bridgehead atoms. The summed E-state index contributed by atoms with van der Waals surface area (Å²) < 4.78 is 5.76. The second kappa shape index (κ2) is 6.50. The van der Waals surface area contributed by atoms with Crippen LogP contribution in [0.25, 0.3) is 0 Å². The normalized spacial score (nSPS) is 25.2. The first-order valence-corrected chi connectivity index (χ1v) is 7.69. The lowest BCUT2D eigenvalue weighted by Gasteiger charge is -2.22. The molecule has 4 nitrogen and oxygen atoms in total. The van der Waals surface area contributed by atoms with Gasteiger partial charge in [0.25, 0.3) is 0 Å². The summed E-state index contributed by atoms with van der Waals surface area (Å²) in [5.74, 6) is 0. The van der Waals surface area contributed by atoms with Crippen molar-refractivity contribution in [2.45, 2.75) is 37.5 Å². The zero-order valence-corrected chi connectivity index (χ0v) is 12.5. The fourth-order valence-corrected chi connectivity index (χ4v) is 2.97. The van der Waals surface area contributed by atoms with Gasteiger partial charge in [0.1, 0.15) is 6.10 Å². The van der Waals surface area contributed by atoms with E-state index in [9.17, 15) is 4.79 Å². The maximum Gasteiger partial charge on any atom is 0.315 e. The smallest absolute Gasteiger partial charge is 0.315 e. The van der Waals surface area contributed by atoms with E-state index >= 15 is 0 Å². The second-order valence-corrected chi connectivity index (χ2v) is 5.93. The molecular formula is C16H19ClN2O2. The summed E-state index contributed by atoms with van der Waals surface area (Å²) in [4.78, 5) is 12.1. The zero-order valence-electron chi connectivity index (χ0n) is 11.7. The maximum atomic E-state index is 12.1. The van der Waals surface area contributed by atoms with Crippen LogP contribution in [-0.2, 0) is 4.74 Å². The minimum atomic E-state index is -0.113. The van der Waals surface area contributed by atoms with E-state index in [1.807, 2.05) is 24.3 Å². The van der Waals surface area contributed by atoms with E-state index in [2.05, 4.69) is 22.8 Å². The Balaban J connectivity index is 1.58. The average molecular weight is 307 g/mol. The van der Waals surface area contributed by atoms with E-state index in [1.165, 1.54) is 0 Å². The van der Waals surface area contributed by atoms with Crippen molar-refractivity contribution < 1.29 is 9.53 Å². The topological polar surface area (TPSA) is 50.4 Å². The van der Waals surface area contributed by atoms with Crippen molar-refractivity contribution >= 4 is 17.6 Å². The summed E-state index contributed by atoms with van der Waals surface area (Å²) in [6, 6.07) is 7.71. The van der Waals surface area contributed by atoms with Gasteiger partial charge in [-0.2, -0.15) is 0 Å². The third-order valence-electron chi connectivity index (χ3n) is 3.95. The first-order chi connectivity index (χ1) is 10.2. The lowest BCUT2D eigenvalue weighted by atomic mass is 10.0. The number of urea groups is 1. The molecule has 0 spiro atoms. The van der Waals surface area contributed by atoms with E-state index in [1.54, 1.807) is 0 Å². The molecule has 1 aromatic rings. The summed E-state index contributed by atoms with van der Waals surface area (Å²) in [6.07, 6.45) is 6.74. The van der Waals surface area contributed by atoms with E-state index < -0.39 is 0 Å². The largest absolute Gasteiger partial charge is 0.371 e. The van der Waals surface area contributed by atoms with Gasteiger partial charge >= 0.3 is 6.03 Å². The maximum absolute atomic E-state index is 12.1. The lowest BCUT2D eigenvalue weighted by Crippen LogP contribution is -2.46. The molecule has 0 saturated carbocycles. The first kappa shape index (κ1) is 14.4. The van der Waals surface area contributed by atoms with Gasteiger partial charge in [-0.25, -0.2) is 4.79 Å². The summed E-state index contributed by atoms with van der Waals surface area (Å²) in [6.45, 7) is 0.656. The van der Waals surface area contributed by atoms with Crippen LogP contribution in [0.2, 0.25) is 5.02 Å². The Bertz CT molecular complexity index is 522. The van der Waals surface area contributed by atoms with Crippen LogP contribution in [0.3, 0.4) is 0 Å². The third kappa shape index (κ3) is 3.57. The van der Waals surface area contributed by atoms with Gasteiger partial charge in [0.2, 0.25) is 0 Å². The van der Waals surface area contributed by atoms with Crippen molar-refractivity contribution in [2.75, 3.05) is 6.61 Å². The van der Waals surface area contributed by atoms with E-state index in [0.29, 0.717) is 11.6 Å². The van der Waals surface area contributed by atoms with Gasteiger partial charge in [-0.05, 0) is 37.0 Å². The third-order valence-corrected chi connectivity index (χ3v) is 4.20. The fraction of sp³-hybridized carbons (Fsp3) is 0.438. The minimum absolute atomic E-state index is 0.000498. The molecule has 2 N–H and O–H groups in total. The number of hydrogen-bond acceptors (Lipinski definition) is 2. The van der Waals surface area contributed by atoms with E-state index in [4.69, 9.17) is 16.3 Å². The van der Waals surface area contributed by atoms with E-state index in [0.717, 1.165) is 24.8 Å². The van der Waals surface area contributed by atoms with Crippen LogP contribution >= 0.6 is 11.6 Å². The Morgan fingerprint density at radius 2 is 1.86 bits per heavy atom. The van der Waals surface area contributed by atoms with Gasteiger partial charge in [0, 0.05) is 17.7 Å². The Labute approximate surface area is 129 Å². The van der Waals surface area contributed by atoms with E-state index in [-0.39, 0.29) is 24.2 Å². The molecule has 0 aromatic heterocycles.